The maximum Gasteiger partial charge on any atom is 0.205 e. The molecule has 0 fully saturated rings. The predicted molar refractivity (Wildman–Crippen MR) is 62.4 cm³/mol. The fourth-order valence-electron chi connectivity index (χ4n) is 2.17. The third-order valence-corrected chi connectivity index (χ3v) is 2.98. The highest BCUT2D eigenvalue weighted by Gasteiger charge is 2.11. The number of nitrogens with zero attached hydrogens (tertiary/aromatic N) is 1. The molecule has 0 unspecified atom stereocenters. The third-order valence-electron chi connectivity index (χ3n) is 2.98. The summed E-state index contributed by atoms with van der Waals surface area (Å²) in [6.07, 6.45) is 9.21. The number of fused-ring (bicyclic) bond motifs is 2. The second-order valence-electron chi connectivity index (χ2n) is 4.07. The Morgan fingerprint density at radius 3 is 2.87 bits per heavy atom. The first-order chi connectivity index (χ1) is 7.43. The average Bonchev–Trinajstić information content (AvgIpc) is 2.50. The first-order valence-corrected chi connectivity index (χ1v) is 5.52. The van der Waals surface area contributed by atoms with Gasteiger partial charge in [-0.1, -0.05) is 24.3 Å². The van der Waals surface area contributed by atoms with Gasteiger partial charge >= 0.3 is 0 Å². The van der Waals surface area contributed by atoms with Crippen LogP contribution in [0.1, 0.15) is 18.5 Å². The third kappa shape index (κ3) is 1.54. The molecule has 1 nitrogen and oxygen atoms in total. The second kappa shape index (κ2) is 3.50. The van der Waals surface area contributed by atoms with Crippen molar-refractivity contribution in [2.45, 2.75) is 19.4 Å². The van der Waals surface area contributed by atoms with Crippen molar-refractivity contribution in [1.82, 2.24) is 0 Å². The molecule has 0 radical (unpaired) electrons. The molecule has 0 spiro atoms. The Labute approximate surface area is 89.7 Å². The summed E-state index contributed by atoms with van der Waals surface area (Å²) in [5.41, 5.74) is 1.33. The second-order valence-corrected chi connectivity index (χ2v) is 4.07. The van der Waals surface area contributed by atoms with Gasteiger partial charge in [0.25, 0.3) is 0 Å². The van der Waals surface area contributed by atoms with E-state index < -0.39 is 0 Å². The Bertz CT molecular complexity index is 526. The van der Waals surface area contributed by atoms with Crippen molar-refractivity contribution in [3.8, 4) is 0 Å². The summed E-state index contributed by atoms with van der Waals surface area (Å²) in [5, 5.41) is 2.66. The van der Waals surface area contributed by atoms with E-state index in [1.807, 2.05) is 0 Å². The SMILES string of the molecule is C1=Cc2cc3ccccc3c[n+]2CCC1. The number of aromatic nitrogens is 1. The van der Waals surface area contributed by atoms with Gasteiger partial charge in [-0.05, 0) is 17.9 Å². The van der Waals surface area contributed by atoms with Crippen LogP contribution < -0.4 is 4.57 Å². The predicted octanol–water partition coefficient (Wildman–Crippen LogP) is 2.93. The fraction of sp³-hybridized carbons (Fsp3) is 0.214. The van der Waals surface area contributed by atoms with Crippen molar-refractivity contribution < 1.29 is 4.57 Å². The van der Waals surface area contributed by atoms with Crippen molar-refractivity contribution in [1.29, 1.82) is 0 Å². The fourth-order valence-corrected chi connectivity index (χ4v) is 2.17. The highest BCUT2D eigenvalue weighted by molar-refractivity contribution is 5.82. The summed E-state index contributed by atoms with van der Waals surface area (Å²) in [7, 11) is 0. The lowest BCUT2D eigenvalue weighted by molar-refractivity contribution is -0.697. The van der Waals surface area contributed by atoms with Crippen molar-refractivity contribution in [3.05, 3.63) is 48.3 Å². The summed E-state index contributed by atoms with van der Waals surface area (Å²) in [6.45, 7) is 1.13. The molecule has 1 aromatic heterocycles. The molecule has 1 aliphatic heterocycles. The van der Waals surface area contributed by atoms with Gasteiger partial charge in [0.2, 0.25) is 5.69 Å². The van der Waals surface area contributed by atoms with Gasteiger partial charge in [-0.2, -0.15) is 4.57 Å². The van der Waals surface area contributed by atoms with Crippen LogP contribution in [0.4, 0.5) is 0 Å². The molecule has 0 saturated carbocycles. The Hall–Kier alpha value is -1.63. The van der Waals surface area contributed by atoms with Gasteiger partial charge in [-0.3, -0.25) is 0 Å². The van der Waals surface area contributed by atoms with Crippen LogP contribution in [0.5, 0.6) is 0 Å². The molecular weight excluding hydrogens is 182 g/mol. The Kier molecular flexibility index (Phi) is 2.02. The van der Waals surface area contributed by atoms with E-state index in [4.69, 9.17) is 0 Å². The molecule has 1 aliphatic rings. The van der Waals surface area contributed by atoms with Crippen LogP contribution in [0.2, 0.25) is 0 Å². The molecule has 0 bridgehead atoms. The van der Waals surface area contributed by atoms with E-state index in [0.717, 1.165) is 6.54 Å². The lowest BCUT2D eigenvalue weighted by Crippen LogP contribution is -2.35. The molecule has 74 valence electrons. The molecule has 0 amide bonds. The monoisotopic (exact) mass is 196 g/mol. The van der Waals surface area contributed by atoms with E-state index in [0.29, 0.717) is 0 Å². The number of aryl methyl sites for hydroxylation is 1. The summed E-state index contributed by atoms with van der Waals surface area (Å²) in [5.74, 6) is 0. The molecule has 1 aromatic carbocycles. The average molecular weight is 196 g/mol. The molecule has 1 heteroatoms. The number of allylic oxidation sites excluding steroid dienone is 1. The van der Waals surface area contributed by atoms with Gasteiger partial charge < -0.3 is 0 Å². The summed E-state index contributed by atoms with van der Waals surface area (Å²) >= 11 is 0. The largest absolute Gasteiger partial charge is 0.205 e. The first-order valence-electron chi connectivity index (χ1n) is 5.52. The zero-order valence-corrected chi connectivity index (χ0v) is 8.69. The molecule has 0 aliphatic carbocycles. The minimum atomic E-state index is 1.13. The zero-order valence-electron chi connectivity index (χ0n) is 8.69. The summed E-state index contributed by atoms with van der Waals surface area (Å²) < 4.78 is 2.35. The number of hydrogen-bond donors (Lipinski definition) is 0. The van der Waals surface area contributed by atoms with Crippen molar-refractivity contribution in [2.75, 3.05) is 0 Å². The number of rotatable bonds is 0. The normalized spacial score (nSPS) is 14.9. The molecule has 0 atom stereocenters. The van der Waals surface area contributed by atoms with E-state index in [9.17, 15) is 0 Å². The van der Waals surface area contributed by atoms with Crippen molar-refractivity contribution in [3.63, 3.8) is 0 Å². The lowest BCUT2D eigenvalue weighted by atomic mass is 10.1. The molecule has 0 N–H and O–H groups in total. The van der Waals surface area contributed by atoms with Crippen molar-refractivity contribution >= 4 is 16.8 Å². The Morgan fingerprint density at radius 2 is 1.93 bits per heavy atom. The van der Waals surface area contributed by atoms with Gasteiger partial charge in [0.05, 0.1) is 0 Å². The van der Waals surface area contributed by atoms with Gasteiger partial charge in [-0.15, -0.1) is 0 Å². The molecule has 2 heterocycles. The standard InChI is InChI=1S/C14H14N/c1-2-8-14-10-12-6-3-4-7-13(12)11-15(14)9-5-1/h2-4,6-8,10-11H,1,5,9H2/q+1. The van der Waals surface area contributed by atoms with Crippen LogP contribution >= 0.6 is 0 Å². The van der Waals surface area contributed by atoms with E-state index in [-0.39, 0.29) is 0 Å². The van der Waals surface area contributed by atoms with E-state index in [2.05, 4.69) is 53.2 Å². The van der Waals surface area contributed by atoms with Gasteiger partial charge in [-0.25, -0.2) is 0 Å². The van der Waals surface area contributed by atoms with Crippen LogP contribution in [0.15, 0.2) is 42.6 Å². The zero-order chi connectivity index (χ0) is 10.1. The van der Waals surface area contributed by atoms with E-state index >= 15 is 0 Å². The Morgan fingerprint density at radius 1 is 1.07 bits per heavy atom. The van der Waals surface area contributed by atoms with Crippen LogP contribution in [0.3, 0.4) is 0 Å². The maximum absolute atomic E-state index is 2.35. The highest BCUT2D eigenvalue weighted by Crippen LogP contribution is 2.15. The van der Waals surface area contributed by atoms with Crippen LogP contribution in [-0.4, -0.2) is 0 Å². The lowest BCUT2D eigenvalue weighted by Gasteiger charge is -2.00. The minimum Gasteiger partial charge on any atom is -0.198 e. The van der Waals surface area contributed by atoms with E-state index in [1.54, 1.807) is 0 Å². The number of benzene rings is 1. The summed E-state index contributed by atoms with van der Waals surface area (Å²) in [6, 6.07) is 10.8. The smallest absolute Gasteiger partial charge is 0.198 e. The van der Waals surface area contributed by atoms with Crippen LogP contribution in [0, 0.1) is 0 Å². The number of pyridine rings is 1. The topological polar surface area (TPSA) is 3.88 Å². The van der Waals surface area contributed by atoms with Crippen LogP contribution in [0.25, 0.3) is 16.8 Å². The first kappa shape index (κ1) is 8.66. The van der Waals surface area contributed by atoms with Gasteiger partial charge in [0.15, 0.2) is 6.20 Å². The number of hydrogen-bond acceptors (Lipinski definition) is 0. The van der Waals surface area contributed by atoms with Gasteiger partial charge in [0.1, 0.15) is 6.54 Å². The van der Waals surface area contributed by atoms with E-state index in [1.165, 1.54) is 29.3 Å². The quantitative estimate of drug-likeness (QED) is 0.570. The summed E-state index contributed by atoms with van der Waals surface area (Å²) in [4.78, 5) is 0. The van der Waals surface area contributed by atoms with Crippen LogP contribution in [-0.2, 0) is 6.54 Å². The van der Waals surface area contributed by atoms with Gasteiger partial charge in [0, 0.05) is 23.9 Å². The van der Waals surface area contributed by atoms with Crippen molar-refractivity contribution in [2.24, 2.45) is 0 Å². The molecule has 15 heavy (non-hydrogen) atoms. The Balaban J connectivity index is 2.27. The minimum absolute atomic E-state index is 1.13. The molecule has 0 saturated heterocycles. The molecular formula is C14H14N+. The maximum atomic E-state index is 2.35. The molecule has 2 aromatic rings. The highest BCUT2D eigenvalue weighted by atomic mass is 15.0. The molecule has 3 rings (SSSR count).